The van der Waals surface area contributed by atoms with Crippen LogP contribution in [-0.2, 0) is 0 Å². The molecular weight excluding hydrogens is 170 g/mol. The second-order valence-electron chi connectivity index (χ2n) is 3.41. The summed E-state index contributed by atoms with van der Waals surface area (Å²) in [4.78, 5) is 4.28. The molecular formula is C13H13N. The van der Waals surface area contributed by atoms with Gasteiger partial charge < -0.3 is 0 Å². The molecule has 0 unspecified atom stereocenters. The van der Waals surface area contributed by atoms with Crippen LogP contribution in [0.1, 0.15) is 11.1 Å². The van der Waals surface area contributed by atoms with Crippen LogP contribution in [0.4, 0.5) is 0 Å². The number of nitrogens with zero attached hydrogens (tertiary/aromatic N) is 1. The molecule has 0 bridgehead atoms. The van der Waals surface area contributed by atoms with Crippen molar-refractivity contribution in [1.29, 1.82) is 0 Å². The maximum atomic E-state index is 4.28. The van der Waals surface area contributed by atoms with Gasteiger partial charge in [-0.25, -0.2) is 0 Å². The van der Waals surface area contributed by atoms with Gasteiger partial charge in [-0.2, -0.15) is 0 Å². The molecule has 1 nitrogen and oxygen atoms in total. The van der Waals surface area contributed by atoms with E-state index in [0.717, 1.165) is 6.54 Å². The van der Waals surface area contributed by atoms with Gasteiger partial charge >= 0.3 is 0 Å². The van der Waals surface area contributed by atoms with Crippen molar-refractivity contribution in [1.82, 2.24) is 0 Å². The zero-order valence-electron chi connectivity index (χ0n) is 8.27. The lowest BCUT2D eigenvalue weighted by molar-refractivity contribution is 1.27. The number of allylic oxidation sites excluding steroid dienone is 3. The van der Waals surface area contributed by atoms with Crippen molar-refractivity contribution in [2.75, 3.05) is 6.54 Å². The Bertz CT molecular complexity index is 411. The number of aryl methyl sites for hydroxylation is 1. The average molecular weight is 183 g/mol. The molecule has 1 aromatic rings. The molecule has 14 heavy (non-hydrogen) atoms. The zero-order valence-corrected chi connectivity index (χ0v) is 8.27. The summed E-state index contributed by atoms with van der Waals surface area (Å²) in [5.74, 6) is 0. The second kappa shape index (κ2) is 4.05. The van der Waals surface area contributed by atoms with Gasteiger partial charge in [0.1, 0.15) is 0 Å². The quantitative estimate of drug-likeness (QED) is 0.634. The van der Waals surface area contributed by atoms with Crippen molar-refractivity contribution < 1.29 is 0 Å². The van der Waals surface area contributed by atoms with Crippen molar-refractivity contribution in [3.63, 3.8) is 0 Å². The van der Waals surface area contributed by atoms with E-state index in [2.05, 4.69) is 54.4 Å². The Morgan fingerprint density at radius 1 is 1.29 bits per heavy atom. The zero-order chi connectivity index (χ0) is 9.80. The summed E-state index contributed by atoms with van der Waals surface area (Å²) in [7, 11) is 0. The highest BCUT2D eigenvalue weighted by atomic mass is 14.7. The molecule has 1 aromatic carbocycles. The SMILES string of the molecule is Cc1cccc(C2=CC=CCN=C2)c1. The van der Waals surface area contributed by atoms with E-state index in [-0.39, 0.29) is 0 Å². The van der Waals surface area contributed by atoms with Crippen LogP contribution in [0, 0.1) is 6.92 Å². The summed E-state index contributed by atoms with van der Waals surface area (Å²) in [6.45, 7) is 2.89. The Kier molecular flexibility index (Phi) is 2.59. The van der Waals surface area contributed by atoms with Crippen LogP contribution in [0.25, 0.3) is 5.57 Å². The molecule has 1 aliphatic heterocycles. The maximum Gasteiger partial charge on any atom is 0.0573 e. The van der Waals surface area contributed by atoms with E-state index in [1.807, 2.05) is 6.21 Å². The van der Waals surface area contributed by atoms with E-state index in [0.29, 0.717) is 0 Å². The standard InChI is InChI=1S/C13H13N/c1-11-5-4-7-12(9-11)13-6-2-3-8-14-10-13/h2-7,9-10H,8H2,1H3. The Morgan fingerprint density at radius 2 is 2.21 bits per heavy atom. The highest BCUT2D eigenvalue weighted by molar-refractivity contribution is 6.10. The molecule has 0 N–H and O–H groups in total. The minimum absolute atomic E-state index is 0.784. The predicted molar refractivity (Wildman–Crippen MR) is 61.7 cm³/mol. The van der Waals surface area contributed by atoms with Crippen molar-refractivity contribution in [2.24, 2.45) is 4.99 Å². The molecule has 0 aliphatic carbocycles. The van der Waals surface area contributed by atoms with Crippen LogP contribution in [-0.4, -0.2) is 12.8 Å². The van der Waals surface area contributed by atoms with Gasteiger partial charge in [-0.05, 0) is 18.1 Å². The largest absolute Gasteiger partial charge is 0.288 e. The molecule has 0 spiro atoms. The van der Waals surface area contributed by atoms with Gasteiger partial charge in [0, 0.05) is 6.21 Å². The van der Waals surface area contributed by atoms with Gasteiger partial charge in [-0.3, -0.25) is 4.99 Å². The van der Waals surface area contributed by atoms with E-state index in [1.54, 1.807) is 0 Å². The summed E-state index contributed by atoms with van der Waals surface area (Å²) >= 11 is 0. The fourth-order valence-electron chi connectivity index (χ4n) is 1.48. The van der Waals surface area contributed by atoms with Gasteiger partial charge in [-0.15, -0.1) is 0 Å². The van der Waals surface area contributed by atoms with E-state index in [4.69, 9.17) is 0 Å². The molecule has 0 fully saturated rings. The Labute approximate surface area is 84.5 Å². The number of hydrogen-bond acceptors (Lipinski definition) is 1. The smallest absolute Gasteiger partial charge is 0.0573 e. The first-order valence-electron chi connectivity index (χ1n) is 4.80. The van der Waals surface area contributed by atoms with E-state index in [9.17, 15) is 0 Å². The van der Waals surface area contributed by atoms with Gasteiger partial charge in [0.25, 0.3) is 0 Å². The number of hydrogen-bond donors (Lipinski definition) is 0. The van der Waals surface area contributed by atoms with Crippen LogP contribution < -0.4 is 0 Å². The Hall–Kier alpha value is -1.63. The lowest BCUT2D eigenvalue weighted by Crippen LogP contribution is -1.86. The lowest BCUT2D eigenvalue weighted by atomic mass is 10.0. The molecule has 1 heterocycles. The van der Waals surface area contributed by atoms with Gasteiger partial charge in [0.15, 0.2) is 0 Å². The number of rotatable bonds is 1. The minimum atomic E-state index is 0.784. The van der Waals surface area contributed by atoms with Crippen LogP contribution >= 0.6 is 0 Å². The molecule has 0 atom stereocenters. The molecule has 0 amide bonds. The van der Waals surface area contributed by atoms with Crippen LogP contribution in [0.5, 0.6) is 0 Å². The maximum absolute atomic E-state index is 4.28. The molecule has 0 aromatic heterocycles. The van der Waals surface area contributed by atoms with E-state index >= 15 is 0 Å². The predicted octanol–water partition coefficient (Wildman–Crippen LogP) is 3.02. The normalized spacial score (nSPS) is 15.1. The third-order valence-corrected chi connectivity index (χ3v) is 2.20. The summed E-state index contributed by atoms with van der Waals surface area (Å²) in [6.07, 6.45) is 8.16. The lowest BCUT2D eigenvalue weighted by Gasteiger charge is -2.01. The highest BCUT2D eigenvalue weighted by Crippen LogP contribution is 2.15. The van der Waals surface area contributed by atoms with Crippen molar-refractivity contribution in [2.45, 2.75) is 6.92 Å². The van der Waals surface area contributed by atoms with E-state index < -0.39 is 0 Å². The highest BCUT2D eigenvalue weighted by Gasteiger charge is 1.98. The van der Waals surface area contributed by atoms with Crippen LogP contribution in [0.3, 0.4) is 0 Å². The summed E-state index contributed by atoms with van der Waals surface area (Å²) < 4.78 is 0. The Morgan fingerprint density at radius 3 is 3.07 bits per heavy atom. The topological polar surface area (TPSA) is 12.4 Å². The molecule has 0 saturated heterocycles. The van der Waals surface area contributed by atoms with E-state index in [1.165, 1.54) is 16.7 Å². The summed E-state index contributed by atoms with van der Waals surface area (Å²) in [5, 5.41) is 0. The second-order valence-corrected chi connectivity index (χ2v) is 3.41. The van der Waals surface area contributed by atoms with Gasteiger partial charge in [0.05, 0.1) is 6.54 Å². The third-order valence-electron chi connectivity index (χ3n) is 2.20. The molecule has 0 radical (unpaired) electrons. The summed E-state index contributed by atoms with van der Waals surface area (Å²) in [5.41, 5.74) is 3.70. The first kappa shape index (κ1) is 8.95. The van der Waals surface area contributed by atoms with Crippen LogP contribution in [0.15, 0.2) is 47.5 Å². The average Bonchev–Trinajstić information content (AvgIpc) is 2.45. The van der Waals surface area contributed by atoms with Crippen LogP contribution in [0.2, 0.25) is 0 Å². The van der Waals surface area contributed by atoms with Gasteiger partial charge in [-0.1, -0.05) is 48.1 Å². The Balaban J connectivity index is 2.39. The molecule has 0 saturated carbocycles. The fourth-order valence-corrected chi connectivity index (χ4v) is 1.48. The molecule has 2 rings (SSSR count). The number of benzene rings is 1. The van der Waals surface area contributed by atoms with Crippen molar-refractivity contribution in [3.05, 3.63) is 53.6 Å². The fraction of sp³-hybridized carbons (Fsp3) is 0.154. The molecule has 70 valence electrons. The first-order valence-corrected chi connectivity index (χ1v) is 4.80. The monoisotopic (exact) mass is 183 g/mol. The molecule has 1 heteroatoms. The minimum Gasteiger partial charge on any atom is -0.288 e. The summed E-state index contributed by atoms with van der Waals surface area (Å²) in [6, 6.07) is 8.47. The van der Waals surface area contributed by atoms with Gasteiger partial charge in [0.2, 0.25) is 0 Å². The van der Waals surface area contributed by atoms with Crippen molar-refractivity contribution >= 4 is 11.8 Å². The third kappa shape index (κ3) is 1.99. The van der Waals surface area contributed by atoms with Crippen molar-refractivity contribution in [3.8, 4) is 0 Å². The molecule has 1 aliphatic rings. The number of aliphatic imine (C=N–C) groups is 1. The first-order chi connectivity index (χ1) is 6.86.